The third kappa shape index (κ3) is 5.37. The number of nitrogens with one attached hydrogen (secondary N) is 1. The fraction of sp³-hybridized carbons (Fsp3) is 0.333. The van der Waals surface area contributed by atoms with E-state index in [4.69, 9.17) is 32.7 Å². The number of aryl methyl sites for hydroxylation is 1. The fourth-order valence-electron chi connectivity index (χ4n) is 3.39. The van der Waals surface area contributed by atoms with Gasteiger partial charge in [-0.05, 0) is 57.0 Å². The molecule has 0 bridgehead atoms. The van der Waals surface area contributed by atoms with Crippen molar-refractivity contribution in [2.24, 2.45) is 0 Å². The minimum Gasteiger partial charge on any atom is -0.490 e. The molecule has 0 saturated carbocycles. The van der Waals surface area contributed by atoms with Crippen molar-refractivity contribution < 1.29 is 14.3 Å². The highest BCUT2D eigenvalue weighted by Crippen LogP contribution is 2.31. The van der Waals surface area contributed by atoms with Crippen molar-refractivity contribution in [3.05, 3.63) is 75.0 Å². The number of rotatable bonds is 9. The summed E-state index contributed by atoms with van der Waals surface area (Å²) in [5.74, 6) is 1.03. The van der Waals surface area contributed by atoms with Gasteiger partial charge in [0.15, 0.2) is 11.5 Å². The number of hydrogen-bond acceptors (Lipinski definition) is 4. The molecule has 1 heterocycles. The smallest absolute Gasteiger partial charge is 0.256 e. The van der Waals surface area contributed by atoms with Crippen molar-refractivity contribution in [2.45, 2.75) is 40.3 Å². The Kier molecular flexibility index (Phi) is 8.04. The van der Waals surface area contributed by atoms with Crippen LogP contribution in [0.15, 0.2) is 42.5 Å². The summed E-state index contributed by atoms with van der Waals surface area (Å²) in [5.41, 5.74) is 2.66. The summed E-state index contributed by atoms with van der Waals surface area (Å²) in [7, 11) is 0. The zero-order chi connectivity index (χ0) is 23.3. The Hall–Kier alpha value is -2.70. The summed E-state index contributed by atoms with van der Waals surface area (Å²) in [6.07, 6.45) is 0. The van der Waals surface area contributed by atoms with Gasteiger partial charge in [0.25, 0.3) is 5.91 Å². The monoisotopic (exact) mass is 475 g/mol. The Morgan fingerprint density at radius 3 is 2.47 bits per heavy atom. The molecule has 0 spiro atoms. The zero-order valence-electron chi connectivity index (χ0n) is 18.6. The number of aromatic nitrogens is 2. The summed E-state index contributed by atoms with van der Waals surface area (Å²) >= 11 is 12.8. The van der Waals surface area contributed by atoms with Crippen molar-refractivity contribution in [1.29, 1.82) is 0 Å². The van der Waals surface area contributed by atoms with Crippen molar-refractivity contribution >= 4 is 29.1 Å². The lowest BCUT2D eigenvalue weighted by atomic mass is 10.1. The van der Waals surface area contributed by atoms with Crippen LogP contribution in [0.2, 0.25) is 10.2 Å². The molecule has 32 heavy (non-hydrogen) atoms. The van der Waals surface area contributed by atoms with Gasteiger partial charge >= 0.3 is 0 Å². The lowest BCUT2D eigenvalue weighted by Gasteiger charge is -2.17. The van der Waals surface area contributed by atoms with Crippen molar-refractivity contribution in [2.75, 3.05) is 13.2 Å². The number of ether oxygens (including phenoxy) is 2. The van der Waals surface area contributed by atoms with Gasteiger partial charge in [-0.15, -0.1) is 0 Å². The van der Waals surface area contributed by atoms with E-state index in [-0.39, 0.29) is 17.1 Å². The molecule has 6 nitrogen and oxygen atoms in total. The maximum atomic E-state index is 13.1. The highest BCUT2D eigenvalue weighted by Gasteiger charge is 2.23. The van der Waals surface area contributed by atoms with Crippen LogP contribution in [0.1, 0.15) is 54.0 Å². The van der Waals surface area contributed by atoms with Crippen molar-refractivity contribution in [1.82, 2.24) is 15.1 Å². The molecule has 1 amide bonds. The first-order chi connectivity index (χ1) is 15.3. The summed E-state index contributed by atoms with van der Waals surface area (Å²) in [5, 5.41) is 8.35. The lowest BCUT2D eigenvalue weighted by Crippen LogP contribution is -2.27. The van der Waals surface area contributed by atoms with E-state index in [0.717, 1.165) is 11.1 Å². The van der Waals surface area contributed by atoms with Crippen LogP contribution in [0.25, 0.3) is 0 Å². The second-order valence-corrected chi connectivity index (χ2v) is 8.03. The average molecular weight is 476 g/mol. The summed E-state index contributed by atoms with van der Waals surface area (Å²) in [4.78, 5) is 13.1. The maximum absolute atomic E-state index is 13.1. The molecule has 0 radical (unpaired) electrons. The second-order valence-electron chi connectivity index (χ2n) is 7.27. The van der Waals surface area contributed by atoms with Crippen LogP contribution < -0.4 is 14.8 Å². The van der Waals surface area contributed by atoms with E-state index in [1.165, 1.54) is 0 Å². The van der Waals surface area contributed by atoms with Gasteiger partial charge in [-0.3, -0.25) is 4.79 Å². The van der Waals surface area contributed by atoms with Crippen molar-refractivity contribution in [3.63, 3.8) is 0 Å². The number of benzene rings is 2. The van der Waals surface area contributed by atoms with E-state index in [1.807, 2.05) is 63.2 Å². The minimum atomic E-state index is -0.294. The first kappa shape index (κ1) is 24.0. The summed E-state index contributed by atoms with van der Waals surface area (Å²) in [6, 6.07) is 12.8. The zero-order valence-corrected chi connectivity index (χ0v) is 20.1. The maximum Gasteiger partial charge on any atom is 0.256 e. The van der Waals surface area contributed by atoms with E-state index in [2.05, 4.69) is 10.4 Å². The normalized spacial score (nSPS) is 11.8. The quantitative estimate of drug-likeness (QED) is 0.422. The molecule has 1 aromatic heterocycles. The Morgan fingerprint density at radius 1 is 1.09 bits per heavy atom. The predicted octanol–water partition coefficient (Wildman–Crippen LogP) is 5.84. The van der Waals surface area contributed by atoms with Gasteiger partial charge in [-0.25, -0.2) is 4.68 Å². The second kappa shape index (κ2) is 10.7. The first-order valence-electron chi connectivity index (χ1n) is 10.5. The number of amides is 1. The number of carbonyl (C=O) groups excluding carboxylic acids is 1. The predicted molar refractivity (Wildman–Crippen MR) is 127 cm³/mol. The number of hydrogen-bond donors (Lipinski definition) is 1. The summed E-state index contributed by atoms with van der Waals surface area (Å²) in [6.45, 7) is 8.94. The largest absolute Gasteiger partial charge is 0.490 e. The highest BCUT2D eigenvalue weighted by molar-refractivity contribution is 6.33. The molecule has 0 aliphatic rings. The molecule has 0 aliphatic heterocycles. The standard InChI is InChI=1S/C24H27Cl2N3O3/c1-5-31-20-12-11-17(13-21(20)32-6-2)15(3)27-24(30)22-16(4)28-29(23(22)26)14-18-9-7-8-10-19(18)25/h7-13,15H,5-6,14H2,1-4H3,(H,27,30). The molecule has 170 valence electrons. The fourth-order valence-corrected chi connectivity index (χ4v) is 3.91. The Bertz CT molecular complexity index is 1100. The number of nitrogens with zero attached hydrogens (tertiary/aromatic N) is 2. The number of halogens is 2. The average Bonchev–Trinajstić information content (AvgIpc) is 3.04. The van der Waals surface area contributed by atoms with E-state index < -0.39 is 0 Å². The van der Waals surface area contributed by atoms with Crippen molar-refractivity contribution in [3.8, 4) is 11.5 Å². The number of carbonyl (C=O) groups is 1. The van der Waals surface area contributed by atoms with E-state index in [0.29, 0.717) is 47.5 Å². The van der Waals surface area contributed by atoms with Gasteiger partial charge in [-0.1, -0.05) is 47.5 Å². The molecule has 3 rings (SSSR count). The van der Waals surface area contributed by atoms with Crippen LogP contribution in [-0.4, -0.2) is 28.9 Å². The Balaban J connectivity index is 1.79. The van der Waals surface area contributed by atoms with Crippen LogP contribution in [-0.2, 0) is 6.54 Å². The van der Waals surface area contributed by atoms with E-state index in [9.17, 15) is 4.79 Å². The van der Waals surface area contributed by atoms with Gasteiger partial charge in [0.05, 0.1) is 37.1 Å². The molecule has 3 aromatic rings. The van der Waals surface area contributed by atoms with Gasteiger partial charge in [0.2, 0.25) is 0 Å². The van der Waals surface area contributed by atoms with Gasteiger partial charge in [0, 0.05) is 5.02 Å². The molecule has 8 heteroatoms. The molecule has 1 unspecified atom stereocenters. The van der Waals surface area contributed by atoms with Gasteiger partial charge < -0.3 is 14.8 Å². The van der Waals surface area contributed by atoms with Crippen LogP contribution in [0, 0.1) is 6.92 Å². The molecular formula is C24H27Cl2N3O3. The van der Waals surface area contributed by atoms with Crippen LogP contribution in [0.4, 0.5) is 0 Å². The topological polar surface area (TPSA) is 65.4 Å². The molecule has 0 fully saturated rings. The van der Waals surface area contributed by atoms with Gasteiger partial charge in [0.1, 0.15) is 5.15 Å². The van der Waals surface area contributed by atoms with Crippen LogP contribution in [0.3, 0.4) is 0 Å². The summed E-state index contributed by atoms with van der Waals surface area (Å²) < 4.78 is 12.9. The molecule has 1 atom stereocenters. The Morgan fingerprint density at radius 2 is 1.78 bits per heavy atom. The van der Waals surface area contributed by atoms with Crippen LogP contribution >= 0.6 is 23.2 Å². The van der Waals surface area contributed by atoms with Gasteiger partial charge in [-0.2, -0.15) is 5.10 Å². The van der Waals surface area contributed by atoms with Crippen LogP contribution in [0.5, 0.6) is 11.5 Å². The molecule has 2 aromatic carbocycles. The lowest BCUT2D eigenvalue weighted by molar-refractivity contribution is 0.0939. The van der Waals surface area contributed by atoms with E-state index >= 15 is 0 Å². The molecule has 0 saturated heterocycles. The van der Waals surface area contributed by atoms with E-state index in [1.54, 1.807) is 11.6 Å². The third-order valence-electron chi connectivity index (χ3n) is 4.99. The first-order valence-corrected chi connectivity index (χ1v) is 11.3. The highest BCUT2D eigenvalue weighted by atomic mass is 35.5. The Labute approximate surface area is 198 Å². The SMILES string of the molecule is CCOc1ccc(C(C)NC(=O)c2c(C)nn(Cc3ccccc3Cl)c2Cl)cc1OCC. The molecule has 0 aliphatic carbocycles. The minimum absolute atomic E-state index is 0.272. The third-order valence-corrected chi connectivity index (χ3v) is 5.74. The molecule has 1 N–H and O–H groups in total. The molecular weight excluding hydrogens is 449 g/mol.